The molecule has 26 heavy (non-hydrogen) atoms. The molecule has 3 rings (SSSR count). The highest BCUT2D eigenvalue weighted by Crippen LogP contribution is 2.41. The number of esters is 1. The van der Waals surface area contributed by atoms with Crippen molar-refractivity contribution in [2.45, 2.75) is 24.7 Å². The van der Waals surface area contributed by atoms with Crippen molar-refractivity contribution in [3.8, 4) is 0 Å². The lowest BCUT2D eigenvalue weighted by molar-refractivity contribution is -0.136. The van der Waals surface area contributed by atoms with E-state index in [1.54, 1.807) is 36.4 Å². The summed E-state index contributed by atoms with van der Waals surface area (Å²) in [5.74, 6) is -1.36. The maximum atomic E-state index is 13.3. The van der Waals surface area contributed by atoms with E-state index < -0.39 is 27.4 Å². The van der Waals surface area contributed by atoms with Crippen LogP contribution < -0.4 is 4.31 Å². The molecule has 2 aromatic rings. The van der Waals surface area contributed by atoms with Gasteiger partial charge in [0.15, 0.2) is 11.5 Å². The van der Waals surface area contributed by atoms with Crippen molar-refractivity contribution in [3.05, 3.63) is 65.4 Å². The molecule has 1 aliphatic rings. The van der Waals surface area contributed by atoms with E-state index in [0.29, 0.717) is 5.69 Å². The molecule has 0 saturated heterocycles. The van der Waals surface area contributed by atoms with Crippen LogP contribution in [0.1, 0.15) is 30.9 Å². The molecular formula is C19H19NO5S. The molecule has 0 fully saturated rings. The fraction of sp³-hybridized carbons (Fsp3) is 0.211. The minimum atomic E-state index is -4.11. The average molecular weight is 373 g/mol. The second kappa shape index (κ2) is 6.49. The van der Waals surface area contributed by atoms with Crippen LogP contribution in [-0.2, 0) is 19.6 Å². The molecular weight excluding hydrogens is 354 g/mol. The van der Waals surface area contributed by atoms with Crippen molar-refractivity contribution >= 4 is 27.4 Å². The predicted octanol–water partition coefficient (Wildman–Crippen LogP) is 3.42. The normalized spacial score (nSPS) is 15.8. The van der Waals surface area contributed by atoms with Crippen LogP contribution in [-0.4, -0.2) is 26.6 Å². The van der Waals surface area contributed by atoms with Crippen LogP contribution in [0.15, 0.2) is 59.1 Å². The number of sulfonamides is 1. The maximum absolute atomic E-state index is 13.3. The molecule has 1 N–H and O–H groups in total. The van der Waals surface area contributed by atoms with Crippen molar-refractivity contribution in [2.75, 3.05) is 11.4 Å². The van der Waals surface area contributed by atoms with E-state index in [-0.39, 0.29) is 16.4 Å². The summed E-state index contributed by atoms with van der Waals surface area (Å²) in [7, 11) is -2.97. The van der Waals surface area contributed by atoms with Gasteiger partial charge in [-0.15, -0.1) is 0 Å². The minimum absolute atomic E-state index is 0.000361. The van der Waals surface area contributed by atoms with E-state index in [0.717, 1.165) is 17.0 Å². The van der Waals surface area contributed by atoms with Crippen LogP contribution >= 0.6 is 0 Å². The first-order valence-electron chi connectivity index (χ1n) is 8.06. The van der Waals surface area contributed by atoms with Gasteiger partial charge in [0.05, 0.1) is 17.7 Å². The molecule has 0 unspecified atom stereocenters. The van der Waals surface area contributed by atoms with Crippen molar-refractivity contribution in [3.63, 3.8) is 0 Å². The Morgan fingerprint density at radius 3 is 2.35 bits per heavy atom. The Bertz CT molecular complexity index is 1010. The number of anilines is 1. The summed E-state index contributed by atoms with van der Waals surface area (Å²) < 4.78 is 32.3. The lowest BCUT2D eigenvalue weighted by atomic mass is 10.0. The molecule has 0 aromatic heterocycles. The molecule has 1 heterocycles. The highest BCUT2D eigenvalue weighted by atomic mass is 32.2. The van der Waals surface area contributed by atoms with Gasteiger partial charge in [-0.05, 0) is 29.7 Å². The van der Waals surface area contributed by atoms with Crippen LogP contribution in [0.3, 0.4) is 0 Å². The Morgan fingerprint density at radius 1 is 1.08 bits per heavy atom. The van der Waals surface area contributed by atoms with E-state index in [9.17, 15) is 18.3 Å². The Hall–Kier alpha value is -2.80. The number of para-hydroxylation sites is 1. The Labute approximate surface area is 152 Å². The van der Waals surface area contributed by atoms with Crippen molar-refractivity contribution in [1.82, 2.24) is 0 Å². The molecule has 0 atom stereocenters. The number of ether oxygens (including phenoxy) is 1. The Kier molecular flexibility index (Phi) is 4.50. The number of hydrogen-bond acceptors (Lipinski definition) is 5. The zero-order valence-electron chi connectivity index (χ0n) is 14.6. The number of aliphatic hydroxyl groups excluding tert-OH is 1. The summed E-state index contributed by atoms with van der Waals surface area (Å²) in [6.45, 7) is 3.84. The predicted molar refractivity (Wildman–Crippen MR) is 98.2 cm³/mol. The van der Waals surface area contributed by atoms with E-state index in [1.807, 2.05) is 13.8 Å². The molecule has 0 radical (unpaired) electrons. The summed E-state index contributed by atoms with van der Waals surface area (Å²) in [5, 5.41) is 10.7. The first-order chi connectivity index (χ1) is 12.3. The third-order valence-electron chi connectivity index (χ3n) is 4.24. The average Bonchev–Trinajstić information content (AvgIpc) is 2.64. The van der Waals surface area contributed by atoms with E-state index in [1.165, 1.54) is 12.1 Å². The van der Waals surface area contributed by atoms with Crippen LogP contribution in [0.4, 0.5) is 5.69 Å². The molecule has 6 nitrogen and oxygen atoms in total. The van der Waals surface area contributed by atoms with Crippen molar-refractivity contribution in [2.24, 2.45) is 0 Å². The largest absolute Gasteiger partial charge is 0.505 e. The quantitative estimate of drug-likeness (QED) is 0.834. The number of carbonyl (C=O) groups excluding carboxylic acids is 1. The lowest BCUT2D eigenvalue weighted by Crippen LogP contribution is -2.39. The topological polar surface area (TPSA) is 83.9 Å². The van der Waals surface area contributed by atoms with Crippen LogP contribution in [0.25, 0.3) is 5.76 Å². The molecule has 136 valence electrons. The van der Waals surface area contributed by atoms with Gasteiger partial charge < -0.3 is 9.84 Å². The van der Waals surface area contributed by atoms with Crippen LogP contribution in [0.5, 0.6) is 0 Å². The number of fused-ring (bicyclic) bond motifs is 1. The SMILES string of the molecule is COC(=O)C1=C(O)c2ccccc2S(=O)(=O)N1c1ccccc1C(C)C. The van der Waals surface area contributed by atoms with Gasteiger partial charge in [-0.1, -0.05) is 44.2 Å². The number of benzene rings is 2. The van der Waals surface area contributed by atoms with Gasteiger partial charge in [0.2, 0.25) is 0 Å². The van der Waals surface area contributed by atoms with Gasteiger partial charge in [0.1, 0.15) is 0 Å². The first kappa shape index (κ1) is 18.0. The number of rotatable bonds is 3. The number of aliphatic hydroxyl groups is 1. The molecule has 0 aliphatic carbocycles. The fourth-order valence-corrected chi connectivity index (χ4v) is 4.73. The summed E-state index contributed by atoms with van der Waals surface area (Å²) in [5.41, 5.74) is 0.694. The molecule has 7 heteroatoms. The zero-order chi connectivity index (χ0) is 19.1. The molecule has 2 aromatic carbocycles. The molecule has 0 spiro atoms. The number of nitrogens with zero attached hydrogens (tertiary/aromatic N) is 1. The highest BCUT2D eigenvalue weighted by molar-refractivity contribution is 7.93. The number of hydrogen-bond donors (Lipinski definition) is 1. The summed E-state index contributed by atoms with van der Waals surface area (Å²) in [6.07, 6.45) is 0. The smallest absolute Gasteiger partial charge is 0.359 e. The monoisotopic (exact) mass is 373 g/mol. The van der Waals surface area contributed by atoms with E-state index >= 15 is 0 Å². The number of methoxy groups -OCH3 is 1. The molecule has 0 saturated carbocycles. The maximum Gasteiger partial charge on any atom is 0.359 e. The highest BCUT2D eigenvalue weighted by Gasteiger charge is 2.42. The Balaban J connectivity index is 2.41. The zero-order valence-corrected chi connectivity index (χ0v) is 15.4. The Morgan fingerprint density at radius 2 is 1.69 bits per heavy atom. The van der Waals surface area contributed by atoms with E-state index in [4.69, 9.17) is 4.74 Å². The third-order valence-corrected chi connectivity index (χ3v) is 6.02. The van der Waals surface area contributed by atoms with Gasteiger partial charge in [-0.3, -0.25) is 0 Å². The summed E-state index contributed by atoms with van der Waals surface area (Å²) in [6, 6.07) is 12.9. The minimum Gasteiger partial charge on any atom is -0.505 e. The van der Waals surface area contributed by atoms with Crippen molar-refractivity contribution in [1.29, 1.82) is 0 Å². The lowest BCUT2D eigenvalue weighted by Gasteiger charge is -2.32. The summed E-state index contributed by atoms with van der Waals surface area (Å²) in [4.78, 5) is 12.3. The second-order valence-electron chi connectivity index (χ2n) is 6.17. The molecule has 0 bridgehead atoms. The van der Waals surface area contributed by atoms with Crippen molar-refractivity contribution < 1.29 is 23.1 Å². The van der Waals surface area contributed by atoms with Gasteiger partial charge in [0.25, 0.3) is 10.0 Å². The standard InChI is InChI=1S/C19H19NO5S/c1-12(2)13-8-4-6-10-15(13)20-17(19(22)25-3)18(21)14-9-5-7-11-16(14)26(20,23)24/h4-12,21H,1-3H3. The number of carbonyl (C=O) groups is 1. The third kappa shape index (κ3) is 2.64. The van der Waals surface area contributed by atoms with E-state index in [2.05, 4.69) is 0 Å². The van der Waals surface area contributed by atoms with Gasteiger partial charge >= 0.3 is 5.97 Å². The fourth-order valence-electron chi connectivity index (χ4n) is 3.02. The summed E-state index contributed by atoms with van der Waals surface area (Å²) >= 11 is 0. The van der Waals surface area contributed by atoms with Gasteiger partial charge in [0, 0.05) is 5.56 Å². The van der Waals surface area contributed by atoms with Crippen LogP contribution in [0, 0.1) is 0 Å². The second-order valence-corrected chi connectivity index (χ2v) is 7.92. The van der Waals surface area contributed by atoms with Gasteiger partial charge in [-0.2, -0.15) is 0 Å². The van der Waals surface area contributed by atoms with Crippen LogP contribution in [0.2, 0.25) is 0 Å². The molecule has 0 amide bonds. The van der Waals surface area contributed by atoms with Gasteiger partial charge in [-0.25, -0.2) is 17.5 Å². The molecule has 1 aliphatic heterocycles. The first-order valence-corrected chi connectivity index (χ1v) is 9.50.